The number of aromatic nitrogens is 1. The van der Waals surface area contributed by atoms with Crippen LogP contribution in [0.3, 0.4) is 0 Å². The fourth-order valence-corrected chi connectivity index (χ4v) is 6.84. The number of benzene rings is 2. The number of rotatable bonds is 14. The van der Waals surface area contributed by atoms with Crippen molar-refractivity contribution < 1.29 is 5.11 Å². The summed E-state index contributed by atoms with van der Waals surface area (Å²) >= 11 is 1.88. The maximum absolute atomic E-state index is 11.1. The molecular formula is C31H44N2OS. The molecular weight excluding hydrogens is 448 g/mol. The van der Waals surface area contributed by atoms with E-state index in [4.69, 9.17) is 0 Å². The smallest absolute Gasteiger partial charge is 0.140 e. The van der Waals surface area contributed by atoms with Crippen molar-refractivity contribution in [2.45, 2.75) is 83.1 Å². The van der Waals surface area contributed by atoms with Gasteiger partial charge in [0.15, 0.2) is 0 Å². The van der Waals surface area contributed by atoms with Gasteiger partial charge in [0.25, 0.3) is 0 Å². The van der Waals surface area contributed by atoms with E-state index >= 15 is 0 Å². The Balaban J connectivity index is 1.61. The van der Waals surface area contributed by atoms with E-state index < -0.39 is 6.23 Å². The average molecular weight is 493 g/mol. The van der Waals surface area contributed by atoms with Crippen molar-refractivity contribution in [3.63, 3.8) is 0 Å². The van der Waals surface area contributed by atoms with E-state index in [9.17, 15) is 5.11 Å². The third-order valence-corrected chi connectivity index (χ3v) is 8.77. The third-order valence-electron chi connectivity index (χ3n) is 7.45. The van der Waals surface area contributed by atoms with Crippen molar-refractivity contribution in [3.8, 4) is 0 Å². The number of thioether (sulfide) groups is 1. The predicted molar refractivity (Wildman–Crippen MR) is 152 cm³/mol. The first-order chi connectivity index (χ1) is 17.2. The van der Waals surface area contributed by atoms with Crippen LogP contribution in [0.15, 0.2) is 54.6 Å². The summed E-state index contributed by atoms with van der Waals surface area (Å²) in [6, 6.07) is 19.6. The van der Waals surface area contributed by atoms with Crippen LogP contribution < -0.4 is 0 Å². The lowest BCUT2D eigenvalue weighted by molar-refractivity contribution is 0.128. The zero-order chi connectivity index (χ0) is 24.5. The summed E-state index contributed by atoms with van der Waals surface area (Å²) in [5.74, 6) is 0.728. The number of aliphatic hydroxyl groups is 1. The van der Waals surface area contributed by atoms with Crippen LogP contribution in [0.2, 0.25) is 0 Å². The van der Waals surface area contributed by atoms with Crippen LogP contribution in [0, 0.1) is 0 Å². The van der Waals surface area contributed by atoms with Crippen molar-refractivity contribution in [1.29, 1.82) is 0 Å². The van der Waals surface area contributed by atoms with E-state index in [0.29, 0.717) is 0 Å². The van der Waals surface area contributed by atoms with E-state index in [1.54, 1.807) is 0 Å². The number of hydrogen-bond acceptors (Lipinski definition) is 3. The minimum Gasteiger partial charge on any atom is -0.372 e. The predicted octanol–water partition coefficient (Wildman–Crippen LogP) is 7.97. The van der Waals surface area contributed by atoms with Gasteiger partial charge < -0.3 is 14.6 Å². The first kappa shape index (κ1) is 26.3. The molecule has 190 valence electrons. The molecule has 4 heteroatoms. The minimum absolute atomic E-state index is 0.268. The summed E-state index contributed by atoms with van der Waals surface area (Å²) in [6.45, 7) is 8.10. The van der Waals surface area contributed by atoms with Gasteiger partial charge in [-0.15, -0.1) is 11.8 Å². The van der Waals surface area contributed by atoms with Crippen molar-refractivity contribution in [1.82, 2.24) is 9.47 Å². The molecule has 2 unspecified atom stereocenters. The highest BCUT2D eigenvalue weighted by Gasteiger charge is 2.32. The first-order valence-corrected chi connectivity index (χ1v) is 15.0. The SMILES string of the molecule is CCCCCCN(CCCCCC)CCc1c2n(c3ccccc13)C(O)CSC2c1ccccc1. The van der Waals surface area contributed by atoms with Gasteiger partial charge in [-0.05, 0) is 49.5 Å². The molecule has 0 saturated carbocycles. The second-order valence-corrected chi connectivity index (χ2v) is 11.2. The maximum Gasteiger partial charge on any atom is 0.140 e. The molecule has 0 saturated heterocycles. The normalized spacial score (nSPS) is 17.8. The van der Waals surface area contributed by atoms with Gasteiger partial charge in [0.2, 0.25) is 0 Å². The highest BCUT2D eigenvalue weighted by atomic mass is 32.2. The number of para-hydroxylation sites is 1. The Kier molecular flexibility index (Phi) is 10.2. The Labute approximate surface area is 216 Å². The molecule has 2 heterocycles. The Morgan fingerprint density at radius 2 is 1.49 bits per heavy atom. The van der Waals surface area contributed by atoms with E-state index in [0.717, 1.165) is 18.7 Å². The molecule has 0 amide bonds. The van der Waals surface area contributed by atoms with E-state index in [1.165, 1.54) is 92.2 Å². The van der Waals surface area contributed by atoms with Gasteiger partial charge in [0.1, 0.15) is 6.23 Å². The molecule has 35 heavy (non-hydrogen) atoms. The number of nitrogens with zero attached hydrogens (tertiary/aromatic N) is 2. The standard InChI is InChI=1S/C31H44N2OS/c1-3-5-7-14-21-32(22-15-8-6-4-2)23-20-27-26-18-12-13-19-28(26)33-29(34)24-35-31(30(27)33)25-16-10-9-11-17-25/h9-13,16-19,29,31,34H,3-8,14-15,20-24H2,1-2H3. The van der Waals surface area contributed by atoms with Crippen LogP contribution in [0.4, 0.5) is 0 Å². The van der Waals surface area contributed by atoms with Crippen LogP contribution in [0.1, 0.15) is 93.5 Å². The van der Waals surface area contributed by atoms with Crippen molar-refractivity contribution in [2.24, 2.45) is 0 Å². The highest BCUT2D eigenvalue weighted by molar-refractivity contribution is 7.99. The van der Waals surface area contributed by atoms with Crippen LogP contribution in [0.25, 0.3) is 10.9 Å². The lowest BCUT2D eigenvalue weighted by Gasteiger charge is -2.31. The topological polar surface area (TPSA) is 28.4 Å². The fourth-order valence-electron chi connectivity index (χ4n) is 5.57. The lowest BCUT2D eigenvalue weighted by atomic mass is 10.0. The van der Waals surface area contributed by atoms with Crippen LogP contribution >= 0.6 is 11.8 Å². The third kappa shape index (κ3) is 6.53. The molecule has 1 N–H and O–H groups in total. The van der Waals surface area contributed by atoms with Gasteiger partial charge in [-0.3, -0.25) is 0 Å². The number of hydrogen-bond donors (Lipinski definition) is 1. The molecule has 1 aliphatic rings. The van der Waals surface area contributed by atoms with Crippen molar-refractivity contribution in [3.05, 3.63) is 71.4 Å². The lowest BCUT2D eigenvalue weighted by Crippen LogP contribution is -2.29. The van der Waals surface area contributed by atoms with Gasteiger partial charge >= 0.3 is 0 Å². The summed E-state index contributed by atoms with van der Waals surface area (Å²) in [5, 5.41) is 12.7. The summed E-state index contributed by atoms with van der Waals surface area (Å²) in [6.07, 6.45) is 11.1. The van der Waals surface area contributed by atoms with Gasteiger partial charge in [-0.25, -0.2) is 0 Å². The highest BCUT2D eigenvalue weighted by Crippen LogP contribution is 2.47. The van der Waals surface area contributed by atoms with E-state index in [1.807, 2.05) is 11.8 Å². The zero-order valence-corrected chi connectivity index (χ0v) is 22.6. The molecule has 0 radical (unpaired) electrons. The molecule has 0 aliphatic carbocycles. The Morgan fingerprint density at radius 1 is 0.829 bits per heavy atom. The molecule has 3 nitrogen and oxygen atoms in total. The van der Waals surface area contributed by atoms with Crippen LogP contribution in [-0.4, -0.2) is 40.0 Å². The van der Waals surface area contributed by atoms with E-state index in [2.05, 4.69) is 77.9 Å². The quantitative estimate of drug-likeness (QED) is 0.231. The molecule has 3 aromatic rings. The van der Waals surface area contributed by atoms with Gasteiger partial charge in [-0.2, -0.15) is 0 Å². The average Bonchev–Trinajstić information content (AvgIpc) is 3.23. The maximum atomic E-state index is 11.1. The van der Waals surface area contributed by atoms with Gasteiger partial charge in [0, 0.05) is 23.4 Å². The van der Waals surface area contributed by atoms with Gasteiger partial charge in [-0.1, -0.05) is 101 Å². The number of fused-ring (bicyclic) bond motifs is 3. The Morgan fingerprint density at radius 3 is 2.17 bits per heavy atom. The van der Waals surface area contributed by atoms with Crippen molar-refractivity contribution >= 4 is 22.7 Å². The molecule has 0 fully saturated rings. The fraction of sp³-hybridized carbons (Fsp3) is 0.548. The monoisotopic (exact) mass is 492 g/mol. The molecule has 0 bridgehead atoms. The second-order valence-electron chi connectivity index (χ2n) is 10.1. The minimum atomic E-state index is -0.465. The zero-order valence-electron chi connectivity index (χ0n) is 21.8. The molecule has 2 atom stereocenters. The largest absolute Gasteiger partial charge is 0.372 e. The summed E-state index contributed by atoms with van der Waals surface area (Å²) < 4.78 is 2.24. The Hall–Kier alpha value is -1.75. The second kappa shape index (κ2) is 13.5. The molecule has 4 rings (SSSR count). The molecule has 2 aromatic carbocycles. The molecule has 1 aromatic heterocycles. The summed E-state index contributed by atoms with van der Waals surface area (Å²) in [4.78, 5) is 2.72. The van der Waals surface area contributed by atoms with E-state index in [-0.39, 0.29) is 5.25 Å². The summed E-state index contributed by atoms with van der Waals surface area (Å²) in [5.41, 5.74) is 5.28. The number of unbranched alkanes of at least 4 members (excludes halogenated alkanes) is 6. The first-order valence-electron chi connectivity index (χ1n) is 13.9. The Bertz CT molecular complexity index is 1020. The van der Waals surface area contributed by atoms with Gasteiger partial charge in [0.05, 0.1) is 10.8 Å². The molecule has 1 aliphatic heterocycles. The number of aliphatic hydroxyl groups excluding tert-OH is 1. The van der Waals surface area contributed by atoms with Crippen LogP contribution in [-0.2, 0) is 6.42 Å². The van der Waals surface area contributed by atoms with Crippen LogP contribution in [0.5, 0.6) is 0 Å². The molecule has 0 spiro atoms. The summed E-state index contributed by atoms with van der Waals surface area (Å²) in [7, 11) is 0. The van der Waals surface area contributed by atoms with Crippen molar-refractivity contribution in [2.75, 3.05) is 25.4 Å².